The molecule has 7 heteroatoms. The van der Waals surface area contributed by atoms with E-state index in [0.717, 1.165) is 63.4 Å². The van der Waals surface area contributed by atoms with Gasteiger partial charge in [0.25, 0.3) is 0 Å². The van der Waals surface area contributed by atoms with E-state index < -0.39 is 17.0 Å². The van der Waals surface area contributed by atoms with Gasteiger partial charge in [0, 0.05) is 12.8 Å². The number of carbonyl (C=O) groups is 3. The third kappa shape index (κ3) is 7.78. The number of hydrogen-bond acceptors (Lipinski definition) is 5. The van der Waals surface area contributed by atoms with Crippen molar-refractivity contribution in [1.29, 1.82) is 0 Å². The highest BCUT2D eigenvalue weighted by Gasteiger charge is 2.46. The lowest BCUT2D eigenvalue weighted by Crippen LogP contribution is -2.55. The van der Waals surface area contributed by atoms with Crippen LogP contribution in [0.4, 0.5) is 0 Å². The van der Waals surface area contributed by atoms with Crippen LogP contribution in [0.15, 0.2) is 65.7 Å². The van der Waals surface area contributed by atoms with Gasteiger partial charge in [-0.05, 0) is 49.7 Å². The van der Waals surface area contributed by atoms with E-state index in [1.54, 1.807) is 0 Å². The van der Waals surface area contributed by atoms with Crippen molar-refractivity contribution in [3.05, 3.63) is 71.8 Å². The average Bonchev–Trinajstić information content (AvgIpc) is 3.26. The largest absolute Gasteiger partial charge is 0.480 e. The van der Waals surface area contributed by atoms with Gasteiger partial charge in [0.05, 0.1) is 0 Å². The predicted octanol–water partition coefficient (Wildman–Crippen LogP) is 5.80. The Labute approximate surface area is 231 Å². The summed E-state index contributed by atoms with van der Waals surface area (Å²) >= 11 is 0. The molecule has 0 saturated heterocycles. The van der Waals surface area contributed by atoms with Crippen molar-refractivity contribution in [2.24, 2.45) is 4.99 Å². The molecule has 0 bridgehead atoms. The van der Waals surface area contributed by atoms with Crippen molar-refractivity contribution in [2.75, 3.05) is 0 Å². The average molecular weight is 533 g/mol. The first-order valence-electron chi connectivity index (χ1n) is 14.3. The molecule has 1 aliphatic heterocycles. The summed E-state index contributed by atoms with van der Waals surface area (Å²) in [5, 5.41) is 12.2. The van der Waals surface area contributed by atoms with Crippen molar-refractivity contribution < 1.29 is 24.2 Å². The number of aryl methyl sites for hydroxylation is 2. The lowest BCUT2D eigenvalue weighted by molar-refractivity contribution is -0.149. The van der Waals surface area contributed by atoms with Crippen LogP contribution in [0.3, 0.4) is 0 Å². The van der Waals surface area contributed by atoms with Crippen LogP contribution in [-0.4, -0.2) is 39.9 Å². The van der Waals surface area contributed by atoms with Crippen molar-refractivity contribution in [2.45, 2.75) is 101 Å². The first-order chi connectivity index (χ1) is 18.9. The fourth-order valence-corrected chi connectivity index (χ4v) is 5.74. The molecule has 2 fully saturated rings. The van der Waals surface area contributed by atoms with E-state index in [2.05, 4.69) is 22.4 Å². The maximum absolute atomic E-state index is 12.0. The summed E-state index contributed by atoms with van der Waals surface area (Å²) in [4.78, 5) is 40.1. The van der Waals surface area contributed by atoms with Crippen LogP contribution in [0.1, 0.15) is 88.2 Å². The van der Waals surface area contributed by atoms with E-state index in [1.165, 1.54) is 12.0 Å². The van der Waals surface area contributed by atoms with E-state index in [9.17, 15) is 19.5 Å². The second-order valence-electron chi connectivity index (χ2n) is 11.0. The zero-order chi connectivity index (χ0) is 27.6. The molecule has 2 N–H and O–H groups in total. The molecule has 1 amide bonds. The van der Waals surface area contributed by atoms with E-state index in [4.69, 9.17) is 4.74 Å². The minimum atomic E-state index is -1.04. The van der Waals surface area contributed by atoms with Crippen molar-refractivity contribution in [3.63, 3.8) is 0 Å². The Morgan fingerprint density at radius 1 is 0.769 bits per heavy atom. The SMILES string of the molecule is O=C(CCc1ccccc1)NC1(C(=O)O)CCCCC1.O=C1OC(CCc2ccccc2)=NC12CCCCC2. The van der Waals surface area contributed by atoms with Crippen LogP contribution in [0.2, 0.25) is 0 Å². The third-order valence-corrected chi connectivity index (χ3v) is 8.06. The van der Waals surface area contributed by atoms with Crippen LogP contribution in [0, 0.1) is 0 Å². The van der Waals surface area contributed by atoms with Gasteiger partial charge in [0.1, 0.15) is 5.54 Å². The molecule has 3 aliphatic rings. The zero-order valence-electron chi connectivity index (χ0n) is 22.7. The maximum atomic E-state index is 12.0. The van der Waals surface area contributed by atoms with E-state index >= 15 is 0 Å². The summed E-state index contributed by atoms with van der Waals surface area (Å²) < 4.78 is 5.39. The van der Waals surface area contributed by atoms with Gasteiger partial charge in [-0.15, -0.1) is 0 Å². The van der Waals surface area contributed by atoms with Crippen molar-refractivity contribution in [1.82, 2.24) is 5.32 Å². The monoisotopic (exact) mass is 532 g/mol. The van der Waals surface area contributed by atoms with Gasteiger partial charge in [-0.25, -0.2) is 14.6 Å². The quantitative estimate of drug-likeness (QED) is 0.418. The molecule has 1 spiro atoms. The molecule has 2 aliphatic carbocycles. The number of hydrogen-bond donors (Lipinski definition) is 2. The number of nitrogens with one attached hydrogen (secondary N) is 1. The molecule has 7 nitrogen and oxygen atoms in total. The highest BCUT2D eigenvalue weighted by Crippen LogP contribution is 2.36. The molecular weight excluding hydrogens is 492 g/mol. The van der Waals surface area contributed by atoms with Gasteiger partial charge in [-0.1, -0.05) is 99.2 Å². The van der Waals surface area contributed by atoms with Crippen molar-refractivity contribution >= 4 is 23.7 Å². The van der Waals surface area contributed by atoms with Crippen LogP contribution < -0.4 is 5.32 Å². The molecule has 5 rings (SSSR count). The summed E-state index contributed by atoms with van der Waals surface area (Å²) in [7, 11) is 0. The number of rotatable bonds is 8. The Hall–Kier alpha value is -3.48. The molecule has 208 valence electrons. The number of aliphatic imine (C=N–C) groups is 1. The summed E-state index contributed by atoms with van der Waals surface area (Å²) in [6.45, 7) is 0. The van der Waals surface area contributed by atoms with Gasteiger partial charge in [-0.3, -0.25) is 4.79 Å². The summed E-state index contributed by atoms with van der Waals surface area (Å²) in [6, 6.07) is 20.0. The molecule has 1 heterocycles. The number of carboxylic acids is 1. The number of benzene rings is 2. The number of cyclic esters (lactones) is 1. The zero-order valence-corrected chi connectivity index (χ0v) is 22.7. The summed E-state index contributed by atoms with van der Waals surface area (Å²) in [5.41, 5.74) is 0.789. The van der Waals surface area contributed by atoms with Crippen LogP contribution in [-0.2, 0) is 32.0 Å². The Morgan fingerprint density at radius 3 is 1.87 bits per heavy atom. The standard InChI is InChI=1S/C16H21NO3.C16H19NO2/c18-14(10-9-13-7-3-1-4-8-13)17-16(15(19)20)11-5-2-6-12-16;18-15-16(11-5-2-6-12-16)17-14(19-15)10-9-13-7-3-1-4-8-13/h1,3-4,7-8H,2,5-6,9-12H2,(H,17,18)(H,19,20);1,3-4,7-8H,2,5-6,9-12H2. The molecule has 2 aromatic carbocycles. The Kier molecular flexibility index (Phi) is 9.90. The van der Waals surface area contributed by atoms with Gasteiger partial charge >= 0.3 is 11.9 Å². The van der Waals surface area contributed by atoms with E-state index in [1.807, 2.05) is 48.5 Å². The first-order valence-corrected chi connectivity index (χ1v) is 14.3. The highest BCUT2D eigenvalue weighted by molar-refractivity contribution is 6.00. The summed E-state index contributed by atoms with van der Waals surface area (Å²) in [5.74, 6) is -0.547. The van der Waals surface area contributed by atoms with Crippen LogP contribution >= 0.6 is 0 Å². The molecule has 2 saturated carbocycles. The smallest absolute Gasteiger partial charge is 0.340 e. The number of esters is 1. The third-order valence-electron chi connectivity index (χ3n) is 8.06. The number of ether oxygens (including phenoxy) is 1. The van der Waals surface area contributed by atoms with Gasteiger partial charge in [-0.2, -0.15) is 0 Å². The van der Waals surface area contributed by atoms with Crippen LogP contribution in [0.25, 0.3) is 0 Å². The van der Waals surface area contributed by atoms with Gasteiger partial charge in [0.15, 0.2) is 11.4 Å². The number of amides is 1. The molecule has 0 radical (unpaired) electrons. The number of aliphatic carboxylic acids is 1. The second-order valence-corrected chi connectivity index (χ2v) is 11.0. The highest BCUT2D eigenvalue weighted by atomic mass is 16.6. The number of carbonyl (C=O) groups excluding carboxylic acids is 2. The van der Waals surface area contributed by atoms with Crippen molar-refractivity contribution in [3.8, 4) is 0 Å². The predicted molar refractivity (Wildman–Crippen MR) is 150 cm³/mol. The molecule has 0 unspecified atom stereocenters. The maximum Gasteiger partial charge on any atom is 0.340 e. The Balaban J connectivity index is 0.000000181. The molecule has 2 aromatic rings. The van der Waals surface area contributed by atoms with E-state index in [-0.39, 0.29) is 11.9 Å². The molecule has 0 atom stereocenters. The topological polar surface area (TPSA) is 105 Å². The second kappa shape index (κ2) is 13.5. The van der Waals surface area contributed by atoms with E-state index in [0.29, 0.717) is 31.6 Å². The minimum Gasteiger partial charge on any atom is -0.480 e. The van der Waals surface area contributed by atoms with Crippen LogP contribution in [0.5, 0.6) is 0 Å². The molecule has 39 heavy (non-hydrogen) atoms. The number of carboxylic acid groups (broad SMARTS) is 1. The minimum absolute atomic E-state index is 0.115. The fourth-order valence-electron chi connectivity index (χ4n) is 5.74. The number of nitrogens with zero attached hydrogens (tertiary/aromatic N) is 1. The molecule has 0 aromatic heterocycles. The Morgan fingerprint density at radius 2 is 1.31 bits per heavy atom. The molecular formula is C32H40N2O5. The lowest BCUT2D eigenvalue weighted by atomic mass is 9.81. The summed E-state index contributed by atoms with van der Waals surface area (Å²) in [6.07, 6.45) is 11.5. The van der Waals surface area contributed by atoms with Gasteiger partial charge < -0.3 is 15.2 Å². The normalized spacial score (nSPS) is 19.3. The lowest BCUT2D eigenvalue weighted by Gasteiger charge is -2.34. The van der Waals surface area contributed by atoms with Gasteiger partial charge in [0.2, 0.25) is 5.91 Å². The first kappa shape index (κ1) is 28.5. The Bertz CT molecular complexity index is 1130. The fraction of sp³-hybridized carbons (Fsp3) is 0.500.